The largest absolute Gasteiger partial charge is 0.338 e. The fourth-order valence-corrected chi connectivity index (χ4v) is 3.11. The Bertz CT molecular complexity index is 797. The second-order valence-corrected chi connectivity index (χ2v) is 6.24. The second kappa shape index (κ2) is 7.75. The first-order valence-corrected chi connectivity index (χ1v) is 8.76. The van der Waals surface area contributed by atoms with Gasteiger partial charge >= 0.3 is 6.03 Å². The molecule has 1 heterocycles. The fraction of sp³-hybridized carbons (Fsp3) is 0.158. The molecule has 0 aliphatic rings. The molecule has 0 aliphatic heterocycles. The Kier molecular flexibility index (Phi) is 5.23. The third-order valence-electron chi connectivity index (χ3n) is 3.56. The zero-order chi connectivity index (χ0) is 16.8. The fourth-order valence-electron chi connectivity index (χ4n) is 2.39. The number of carbonyl (C=O) groups is 1. The average molecular weight is 337 g/mol. The molecule has 2 aromatic carbocycles. The van der Waals surface area contributed by atoms with Gasteiger partial charge in [0.1, 0.15) is 0 Å². The Morgan fingerprint density at radius 3 is 2.46 bits per heavy atom. The number of urea groups is 1. The SMILES string of the molecule is CCNC(=O)Nc1nc(-c2ccc(Cc3ccccc3)cc2)cs1. The van der Waals surface area contributed by atoms with Crippen LogP contribution >= 0.6 is 11.3 Å². The lowest BCUT2D eigenvalue weighted by Gasteiger charge is -2.03. The van der Waals surface area contributed by atoms with Crippen LogP contribution in [0.25, 0.3) is 11.3 Å². The summed E-state index contributed by atoms with van der Waals surface area (Å²) in [7, 11) is 0. The minimum atomic E-state index is -0.225. The van der Waals surface area contributed by atoms with Crippen molar-refractivity contribution in [3.8, 4) is 11.3 Å². The molecule has 5 heteroatoms. The molecule has 0 unspecified atom stereocenters. The van der Waals surface area contributed by atoms with Gasteiger partial charge in [-0.05, 0) is 24.5 Å². The zero-order valence-electron chi connectivity index (χ0n) is 13.5. The number of amides is 2. The van der Waals surface area contributed by atoms with Crippen LogP contribution in [-0.4, -0.2) is 17.6 Å². The summed E-state index contributed by atoms with van der Waals surface area (Å²) >= 11 is 1.42. The number of hydrogen-bond donors (Lipinski definition) is 2. The topological polar surface area (TPSA) is 54.0 Å². The maximum Gasteiger partial charge on any atom is 0.321 e. The van der Waals surface area contributed by atoms with E-state index in [9.17, 15) is 4.79 Å². The number of anilines is 1. The van der Waals surface area contributed by atoms with Crippen LogP contribution in [0.15, 0.2) is 60.0 Å². The highest BCUT2D eigenvalue weighted by molar-refractivity contribution is 7.14. The Balaban J connectivity index is 1.67. The molecule has 2 N–H and O–H groups in total. The number of aromatic nitrogens is 1. The van der Waals surface area contributed by atoms with E-state index in [-0.39, 0.29) is 6.03 Å². The maximum atomic E-state index is 11.5. The Morgan fingerprint density at radius 2 is 1.75 bits per heavy atom. The van der Waals surface area contributed by atoms with Gasteiger partial charge in [0, 0.05) is 17.5 Å². The molecule has 0 spiro atoms. The molecule has 0 fully saturated rings. The number of benzene rings is 2. The summed E-state index contributed by atoms with van der Waals surface area (Å²) in [6.45, 7) is 2.47. The number of nitrogens with zero attached hydrogens (tertiary/aromatic N) is 1. The van der Waals surface area contributed by atoms with Crippen LogP contribution in [0.4, 0.5) is 9.93 Å². The van der Waals surface area contributed by atoms with Crippen molar-refractivity contribution in [1.29, 1.82) is 0 Å². The third-order valence-corrected chi connectivity index (χ3v) is 4.32. The van der Waals surface area contributed by atoms with Crippen molar-refractivity contribution in [2.24, 2.45) is 0 Å². The molecule has 0 radical (unpaired) electrons. The summed E-state index contributed by atoms with van der Waals surface area (Å²) in [5.41, 5.74) is 4.48. The van der Waals surface area contributed by atoms with E-state index in [1.807, 2.05) is 18.4 Å². The van der Waals surface area contributed by atoms with Gasteiger partial charge in [0.15, 0.2) is 5.13 Å². The van der Waals surface area contributed by atoms with Gasteiger partial charge in [-0.1, -0.05) is 54.6 Å². The first kappa shape index (κ1) is 16.2. The lowest BCUT2D eigenvalue weighted by atomic mass is 10.0. The summed E-state index contributed by atoms with van der Waals surface area (Å²) in [5.74, 6) is 0. The van der Waals surface area contributed by atoms with E-state index >= 15 is 0 Å². The predicted molar refractivity (Wildman–Crippen MR) is 99.5 cm³/mol. The minimum Gasteiger partial charge on any atom is -0.338 e. The number of rotatable bonds is 5. The molecule has 2 amide bonds. The van der Waals surface area contributed by atoms with Crippen LogP contribution in [0.3, 0.4) is 0 Å². The van der Waals surface area contributed by atoms with E-state index in [1.54, 1.807) is 0 Å². The molecule has 3 aromatic rings. The summed E-state index contributed by atoms with van der Waals surface area (Å²) in [5, 5.41) is 7.98. The number of nitrogens with one attached hydrogen (secondary N) is 2. The Hall–Kier alpha value is -2.66. The Labute approximate surface area is 145 Å². The van der Waals surface area contributed by atoms with Crippen molar-refractivity contribution < 1.29 is 4.79 Å². The molecule has 0 saturated heterocycles. The zero-order valence-corrected chi connectivity index (χ0v) is 14.3. The summed E-state index contributed by atoms with van der Waals surface area (Å²) < 4.78 is 0. The van der Waals surface area contributed by atoms with E-state index in [4.69, 9.17) is 0 Å². The van der Waals surface area contributed by atoms with Crippen molar-refractivity contribution in [3.05, 3.63) is 71.1 Å². The summed E-state index contributed by atoms with van der Waals surface area (Å²) in [6, 6.07) is 18.6. The van der Waals surface area contributed by atoms with E-state index in [0.29, 0.717) is 11.7 Å². The van der Waals surface area contributed by atoms with Crippen LogP contribution in [0, 0.1) is 0 Å². The molecular weight excluding hydrogens is 318 g/mol. The van der Waals surface area contributed by atoms with Crippen LogP contribution < -0.4 is 10.6 Å². The van der Waals surface area contributed by atoms with E-state index < -0.39 is 0 Å². The van der Waals surface area contributed by atoms with Crippen molar-refractivity contribution in [2.75, 3.05) is 11.9 Å². The van der Waals surface area contributed by atoms with Crippen molar-refractivity contribution >= 4 is 22.5 Å². The smallest absolute Gasteiger partial charge is 0.321 e. The van der Waals surface area contributed by atoms with Gasteiger partial charge in [-0.2, -0.15) is 0 Å². The number of thiazole rings is 1. The molecule has 0 bridgehead atoms. The molecule has 0 atom stereocenters. The number of hydrogen-bond acceptors (Lipinski definition) is 3. The van der Waals surface area contributed by atoms with Crippen molar-refractivity contribution in [3.63, 3.8) is 0 Å². The van der Waals surface area contributed by atoms with E-state index in [2.05, 4.69) is 64.1 Å². The summed E-state index contributed by atoms with van der Waals surface area (Å²) in [4.78, 5) is 16.0. The van der Waals surface area contributed by atoms with Gasteiger partial charge in [-0.3, -0.25) is 5.32 Å². The summed E-state index contributed by atoms with van der Waals surface area (Å²) in [6.07, 6.45) is 0.919. The van der Waals surface area contributed by atoms with Crippen LogP contribution in [0.1, 0.15) is 18.1 Å². The van der Waals surface area contributed by atoms with Crippen LogP contribution in [0.5, 0.6) is 0 Å². The van der Waals surface area contributed by atoms with Gasteiger partial charge in [-0.15, -0.1) is 11.3 Å². The standard InChI is InChI=1S/C19H19N3OS/c1-2-20-18(23)22-19-21-17(13-24-19)16-10-8-15(9-11-16)12-14-6-4-3-5-7-14/h3-11,13H,2,12H2,1H3,(H2,20,21,22,23). The van der Waals surface area contributed by atoms with Crippen LogP contribution in [0.2, 0.25) is 0 Å². The Morgan fingerprint density at radius 1 is 1.04 bits per heavy atom. The lowest BCUT2D eigenvalue weighted by Crippen LogP contribution is -2.28. The van der Waals surface area contributed by atoms with Crippen LogP contribution in [-0.2, 0) is 6.42 Å². The minimum absolute atomic E-state index is 0.225. The molecule has 4 nitrogen and oxygen atoms in total. The van der Waals surface area contributed by atoms with Gasteiger partial charge in [-0.25, -0.2) is 9.78 Å². The van der Waals surface area contributed by atoms with Crippen molar-refractivity contribution in [1.82, 2.24) is 10.3 Å². The molecular formula is C19H19N3OS. The highest BCUT2D eigenvalue weighted by atomic mass is 32.1. The molecule has 0 saturated carbocycles. The van der Waals surface area contributed by atoms with E-state index in [0.717, 1.165) is 17.7 Å². The van der Waals surface area contributed by atoms with Gasteiger partial charge < -0.3 is 5.32 Å². The van der Waals surface area contributed by atoms with Gasteiger partial charge in [0.05, 0.1) is 5.69 Å². The first-order valence-electron chi connectivity index (χ1n) is 7.88. The molecule has 3 rings (SSSR count). The highest BCUT2D eigenvalue weighted by Crippen LogP contribution is 2.25. The van der Waals surface area contributed by atoms with Gasteiger partial charge in [0.2, 0.25) is 0 Å². The van der Waals surface area contributed by atoms with Crippen molar-refractivity contribution in [2.45, 2.75) is 13.3 Å². The quantitative estimate of drug-likeness (QED) is 0.718. The first-order chi connectivity index (χ1) is 11.7. The lowest BCUT2D eigenvalue weighted by molar-refractivity contribution is 0.252. The molecule has 0 aliphatic carbocycles. The molecule has 1 aromatic heterocycles. The third kappa shape index (κ3) is 4.20. The normalized spacial score (nSPS) is 10.4. The van der Waals surface area contributed by atoms with E-state index in [1.165, 1.54) is 22.5 Å². The predicted octanol–water partition coefficient (Wildman–Crippen LogP) is 4.54. The maximum absolute atomic E-state index is 11.5. The van der Waals surface area contributed by atoms with Gasteiger partial charge in [0.25, 0.3) is 0 Å². The monoisotopic (exact) mass is 337 g/mol. The second-order valence-electron chi connectivity index (χ2n) is 5.38. The molecule has 122 valence electrons. The highest BCUT2D eigenvalue weighted by Gasteiger charge is 2.07. The molecule has 24 heavy (non-hydrogen) atoms. The average Bonchev–Trinajstić information content (AvgIpc) is 3.05. The number of carbonyl (C=O) groups excluding carboxylic acids is 1.